The summed E-state index contributed by atoms with van der Waals surface area (Å²) in [5.41, 5.74) is 1.23. The number of hydrogen-bond acceptors (Lipinski definition) is 2. The molecular weight excluding hydrogens is 268 g/mol. The van der Waals surface area contributed by atoms with Gasteiger partial charge in [-0.1, -0.05) is 38.0 Å². The lowest BCUT2D eigenvalue weighted by molar-refractivity contribution is 0.591. The number of allylic oxidation sites excluding steroid dienone is 1. The second-order valence-corrected chi connectivity index (χ2v) is 7.31. The van der Waals surface area contributed by atoms with Gasteiger partial charge in [0.25, 0.3) is 0 Å². The van der Waals surface area contributed by atoms with Gasteiger partial charge < -0.3 is 0 Å². The van der Waals surface area contributed by atoms with Crippen LogP contribution in [0, 0.1) is 0 Å². The average Bonchev–Trinajstić information content (AvgIpc) is 2.45. The molecule has 1 rings (SSSR count). The van der Waals surface area contributed by atoms with Gasteiger partial charge in [0.1, 0.15) is 0 Å². The van der Waals surface area contributed by atoms with Gasteiger partial charge in [-0.15, -0.1) is 6.58 Å². The number of rotatable bonds is 10. The minimum atomic E-state index is -3.12. The van der Waals surface area contributed by atoms with Gasteiger partial charge in [-0.25, -0.2) is 8.42 Å². The van der Waals surface area contributed by atoms with Crippen molar-refractivity contribution >= 4 is 9.84 Å². The maximum atomic E-state index is 12.1. The minimum Gasteiger partial charge on any atom is -0.224 e. The van der Waals surface area contributed by atoms with Gasteiger partial charge >= 0.3 is 0 Å². The largest absolute Gasteiger partial charge is 0.224 e. The van der Waals surface area contributed by atoms with Crippen LogP contribution >= 0.6 is 0 Å². The molecular formula is C17H26O2S. The van der Waals surface area contributed by atoms with E-state index in [9.17, 15) is 8.42 Å². The Labute approximate surface area is 123 Å². The molecule has 3 heteroatoms. The number of hydrogen-bond donors (Lipinski definition) is 0. The van der Waals surface area contributed by atoms with Crippen LogP contribution in [0.25, 0.3) is 0 Å². The Hall–Kier alpha value is -1.09. The smallest absolute Gasteiger partial charge is 0.178 e. The molecule has 1 aromatic rings. The molecule has 0 unspecified atom stereocenters. The van der Waals surface area contributed by atoms with Crippen LogP contribution < -0.4 is 0 Å². The van der Waals surface area contributed by atoms with E-state index < -0.39 is 9.84 Å². The fraction of sp³-hybridized carbons (Fsp3) is 0.529. The summed E-state index contributed by atoms with van der Waals surface area (Å²) in [5.74, 6) is 0.232. The first-order chi connectivity index (χ1) is 9.60. The topological polar surface area (TPSA) is 34.1 Å². The third-order valence-electron chi connectivity index (χ3n) is 3.42. The second-order valence-electron chi connectivity index (χ2n) is 5.20. The third kappa shape index (κ3) is 5.91. The molecule has 0 radical (unpaired) electrons. The molecule has 0 aromatic heterocycles. The number of benzene rings is 1. The van der Waals surface area contributed by atoms with Crippen molar-refractivity contribution < 1.29 is 8.42 Å². The fourth-order valence-corrected chi connectivity index (χ4v) is 3.51. The predicted molar refractivity (Wildman–Crippen MR) is 85.8 cm³/mol. The molecule has 0 N–H and O–H groups in total. The van der Waals surface area contributed by atoms with Crippen molar-refractivity contribution in [2.24, 2.45) is 0 Å². The maximum absolute atomic E-state index is 12.1. The Morgan fingerprint density at radius 1 is 1.05 bits per heavy atom. The summed E-state index contributed by atoms with van der Waals surface area (Å²) < 4.78 is 24.3. The van der Waals surface area contributed by atoms with Crippen molar-refractivity contribution in [3.8, 4) is 0 Å². The second kappa shape index (κ2) is 8.96. The Morgan fingerprint density at radius 3 is 2.35 bits per heavy atom. The van der Waals surface area contributed by atoms with Crippen LogP contribution in [-0.4, -0.2) is 14.2 Å². The molecule has 0 atom stereocenters. The standard InChI is InChI=1S/C17H26O2S/c1-3-5-7-9-15-20(18,19)17-13-11-16(12-14-17)10-8-6-4-2/h3,11-14H,1,4-10,15H2,2H3. The van der Waals surface area contributed by atoms with Gasteiger partial charge in [-0.2, -0.15) is 0 Å². The fourth-order valence-electron chi connectivity index (χ4n) is 2.14. The molecule has 0 saturated carbocycles. The Balaban J connectivity index is 2.55. The number of sulfone groups is 1. The number of aryl methyl sites for hydroxylation is 1. The molecule has 2 nitrogen and oxygen atoms in total. The van der Waals surface area contributed by atoms with Crippen LogP contribution in [0.2, 0.25) is 0 Å². The zero-order chi connectivity index (χ0) is 14.8. The van der Waals surface area contributed by atoms with E-state index in [1.165, 1.54) is 24.8 Å². The quantitative estimate of drug-likeness (QED) is 0.468. The van der Waals surface area contributed by atoms with E-state index in [0.717, 1.165) is 19.3 Å². The molecule has 112 valence electrons. The first kappa shape index (κ1) is 17.0. The van der Waals surface area contributed by atoms with Crippen LogP contribution in [0.15, 0.2) is 41.8 Å². The van der Waals surface area contributed by atoms with E-state index in [4.69, 9.17) is 0 Å². The van der Waals surface area contributed by atoms with E-state index in [2.05, 4.69) is 13.5 Å². The summed E-state index contributed by atoms with van der Waals surface area (Å²) in [6.45, 7) is 5.83. The highest BCUT2D eigenvalue weighted by Crippen LogP contribution is 2.16. The van der Waals surface area contributed by atoms with Crippen molar-refractivity contribution in [1.82, 2.24) is 0 Å². The lowest BCUT2D eigenvalue weighted by Gasteiger charge is -2.06. The SMILES string of the molecule is C=CCCCCS(=O)(=O)c1ccc(CCCCC)cc1. The molecule has 0 amide bonds. The van der Waals surface area contributed by atoms with E-state index >= 15 is 0 Å². The molecule has 0 aliphatic carbocycles. The maximum Gasteiger partial charge on any atom is 0.178 e. The van der Waals surface area contributed by atoms with Gasteiger partial charge in [0.2, 0.25) is 0 Å². The van der Waals surface area contributed by atoms with Crippen LogP contribution in [0.3, 0.4) is 0 Å². The Bertz CT molecular complexity index is 486. The van der Waals surface area contributed by atoms with Gasteiger partial charge in [0.05, 0.1) is 10.6 Å². The van der Waals surface area contributed by atoms with Gasteiger partial charge in [-0.3, -0.25) is 0 Å². The highest BCUT2D eigenvalue weighted by atomic mass is 32.2. The summed E-state index contributed by atoms with van der Waals surface area (Å²) in [7, 11) is -3.12. The molecule has 20 heavy (non-hydrogen) atoms. The molecule has 0 saturated heterocycles. The molecule has 0 aliphatic rings. The zero-order valence-corrected chi connectivity index (χ0v) is 13.3. The lowest BCUT2D eigenvalue weighted by atomic mass is 10.1. The zero-order valence-electron chi connectivity index (χ0n) is 12.5. The highest BCUT2D eigenvalue weighted by molar-refractivity contribution is 7.91. The first-order valence-corrected chi connectivity index (χ1v) is 9.18. The third-order valence-corrected chi connectivity index (χ3v) is 5.24. The normalized spacial score (nSPS) is 11.4. The molecule has 0 bridgehead atoms. The summed E-state index contributed by atoms with van der Waals surface area (Å²) in [6.07, 6.45) is 8.94. The van der Waals surface area contributed by atoms with Gasteiger partial charge in [0, 0.05) is 0 Å². The van der Waals surface area contributed by atoms with Crippen molar-refractivity contribution in [3.05, 3.63) is 42.5 Å². The van der Waals surface area contributed by atoms with E-state index in [0.29, 0.717) is 11.3 Å². The Kier molecular flexibility index (Phi) is 7.60. The van der Waals surface area contributed by atoms with Crippen LogP contribution in [-0.2, 0) is 16.3 Å². The summed E-state index contributed by atoms with van der Waals surface area (Å²) in [5, 5.41) is 0. The van der Waals surface area contributed by atoms with E-state index in [-0.39, 0.29) is 5.75 Å². The lowest BCUT2D eigenvalue weighted by Crippen LogP contribution is -2.06. The van der Waals surface area contributed by atoms with Gasteiger partial charge in [0.15, 0.2) is 9.84 Å². The van der Waals surface area contributed by atoms with E-state index in [1.54, 1.807) is 12.1 Å². The summed E-state index contributed by atoms with van der Waals surface area (Å²) >= 11 is 0. The van der Waals surface area contributed by atoms with Gasteiger partial charge in [-0.05, 0) is 49.8 Å². The van der Waals surface area contributed by atoms with Crippen LogP contribution in [0.4, 0.5) is 0 Å². The van der Waals surface area contributed by atoms with Crippen molar-refractivity contribution in [3.63, 3.8) is 0 Å². The first-order valence-electron chi connectivity index (χ1n) is 7.52. The van der Waals surface area contributed by atoms with Crippen molar-refractivity contribution in [1.29, 1.82) is 0 Å². The molecule has 1 aromatic carbocycles. The highest BCUT2D eigenvalue weighted by Gasteiger charge is 2.13. The van der Waals surface area contributed by atoms with Crippen molar-refractivity contribution in [2.75, 3.05) is 5.75 Å². The predicted octanol–water partition coefficient (Wildman–Crippen LogP) is 4.55. The van der Waals surface area contributed by atoms with Crippen LogP contribution in [0.5, 0.6) is 0 Å². The van der Waals surface area contributed by atoms with Crippen molar-refractivity contribution in [2.45, 2.75) is 56.8 Å². The molecule has 0 fully saturated rings. The average molecular weight is 294 g/mol. The van der Waals surface area contributed by atoms with E-state index in [1.807, 2.05) is 18.2 Å². The summed E-state index contributed by atoms with van der Waals surface area (Å²) in [4.78, 5) is 0.454. The molecule has 0 heterocycles. The Morgan fingerprint density at radius 2 is 1.75 bits per heavy atom. The van der Waals surface area contributed by atoms with Crippen LogP contribution in [0.1, 0.15) is 51.0 Å². The number of unbranched alkanes of at least 4 members (excludes halogenated alkanes) is 4. The molecule has 0 aliphatic heterocycles. The summed E-state index contributed by atoms with van der Waals surface area (Å²) in [6, 6.07) is 7.41. The minimum absolute atomic E-state index is 0.232. The monoisotopic (exact) mass is 294 g/mol. The molecule has 0 spiro atoms.